The Bertz CT molecular complexity index is 1590. The Morgan fingerprint density at radius 1 is 0.592 bits per heavy atom. The van der Waals surface area contributed by atoms with Crippen molar-refractivity contribution in [1.82, 2.24) is 10.6 Å². The molecule has 0 atom stereocenters. The highest BCUT2D eigenvalue weighted by molar-refractivity contribution is 7.16. The normalized spacial score (nSPS) is 12.7. The first-order valence-corrected chi connectivity index (χ1v) is 19.7. The molecule has 260 valence electrons. The van der Waals surface area contributed by atoms with Gasteiger partial charge in [0.05, 0.1) is 0 Å². The van der Waals surface area contributed by atoms with Gasteiger partial charge in [-0.05, 0) is 116 Å². The van der Waals surface area contributed by atoms with E-state index in [4.69, 9.17) is 0 Å². The SMILES string of the molecule is CCCCCCNC(=O)Nc1ccc(-c2cc(C3=C(c4cc(-c5ccc(NC(=O)NCCCCCC)cc5)sc4C)CCC3)c(C)s2)cc1. The third-order valence-corrected chi connectivity index (χ3v) is 11.4. The number of allylic oxidation sites excluding steroid dienone is 2. The van der Waals surface area contributed by atoms with E-state index in [9.17, 15) is 9.59 Å². The van der Waals surface area contributed by atoms with Gasteiger partial charge in [0.2, 0.25) is 0 Å². The number of unbranched alkanes of at least 4 members (excludes halogenated alkanes) is 6. The van der Waals surface area contributed by atoms with Gasteiger partial charge in [-0.15, -0.1) is 22.7 Å². The molecule has 1 aliphatic rings. The van der Waals surface area contributed by atoms with Gasteiger partial charge in [0, 0.05) is 44.0 Å². The second-order valence-corrected chi connectivity index (χ2v) is 15.5. The number of hydrogen-bond donors (Lipinski definition) is 4. The molecule has 2 aromatic carbocycles. The molecule has 0 saturated heterocycles. The van der Waals surface area contributed by atoms with Crippen LogP contribution in [0.25, 0.3) is 32.0 Å². The highest BCUT2D eigenvalue weighted by Crippen LogP contribution is 2.47. The van der Waals surface area contributed by atoms with Gasteiger partial charge in [-0.1, -0.05) is 76.6 Å². The van der Waals surface area contributed by atoms with E-state index in [0.717, 1.165) is 49.9 Å². The van der Waals surface area contributed by atoms with E-state index >= 15 is 0 Å². The second kappa shape index (κ2) is 18.2. The average Bonchev–Trinajstić information content (AvgIpc) is 3.83. The molecule has 49 heavy (non-hydrogen) atoms. The monoisotopic (exact) mass is 696 g/mol. The molecule has 4 aromatic rings. The van der Waals surface area contributed by atoms with Crippen LogP contribution in [0.2, 0.25) is 0 Å². The molecule has 0 spiro atoms. The maximum absolute atomic E-state index is 12.3. The van der Waals surface area contributed by atoms with Gasteiger partial charge in [-0.25, -0.2) is 9.59 Å². The fourth-order valence-electron chi connectivity index (χ4n) is 6.48. The number of hydrogen-bond acceptors (Lipinski definition) is 4. The molecule has 0 fully saturated rings. The van der Waals surface area contributed by atoms with Crippen LogP contribution in [-0.4, -0.2) is 25.2 Å². The van der Waals surface area contributed by atoms with Gasteiger partial charge in [0.15, 0.2) is 0 Å². The van der Waals surface area contributed by atoms with Crippen LogP contribution in [0.1, 0.15) is 105 Å². The van der Waals surface area contributed by atoms with Crippen molar-refractivity contribution in [1.29, 1.82) is 0 Å². The Kier molecular flexibility index (Phi) is 13.5. The van der Waals surface area contributed by atoms with Gasteiger partial charge in [-0.2, -0.15) is 0 Å². The molecule has 0 unspecified atom stereocenters. The van der Waals surface area contributed by atoms with Crippen LogP contribution in [-0.2, 0) is 0 Å². The first-order valence-electron chi connectivity index (χ1n) is 18.1. The molecular formula is C41H52N4O2S2. The molecule has 0 saturated carbocycles. The summed E-state index contributed by atoms with van der Waals surface area (Å²) in [6.45, 7) is 10.3. The summed E-state index contributed by atoms with van der Waals surface area (Å²) in [6, 6.07) is 20.8. The van der Waals surface area contributed by atoms with Gasteiger partial charge in [0.25, 0.3) is 0 Å². The Morgan fingerprint density at radius 2 is 1.00 bits per heavy atom. The molecule has 2 aromatic heterocycles. The first kappa shape index (κ1) is 36.4. The van der Waals surface area contributed by atoms with Crippen LogP contribution < -0.4 is 21.3 Å². The van der Waals surface area contributed by atoms with Crippen LogP contribution in [0.5, 0.6) is 0 Å². The molecule has 6 nitrogen and oxygen atoms in total. The van der Waals surface area contributed by atoms with Gasteiger partial charge < -0.3 is 21.3 Å². The van der Waals surface area contributed by atoms with Crippen molar-refractivity contribution in [3.05, 3.63) is 81.5 Å². The number of carbonyl (C=O) groups excluding carboxylic acids is 2. The summed E-state index contributed by atoms with van der Waals surface area (Å²) >= 11 is 3.68. The molecule has 4 N–H and O–H groups in total. The summed E-state index contributed by atoms with van der Waals surface area (Å²) < 4.78 is 0. The van der Waals surface area contributed by atoms with Crippen molar-refractivity contribution in [2.75, 3.05) is 23.7 Å². The third kappa shape index (κ3) is 10.1. The lowest BCUT2D eigenvalue weighted by Crippen LogP contribution is -2.29. The Labute approximate surface area is 300 Å². The number of urea groups is 2. The zero-order chi connectivity index (χ0) is 34.6. The quantitative estimate of drug-likeness (QED) is 0.0880. The van der Waals surface area contributed by atoms with E-state index in [2.05, 4.69) is 85.4 Å². The number of amides is 4. The van der Waals surface area contributed by atoms with E-state index in [-0.39, 0.29) is 12.1 Å². The highest BCUT2D eigenvalue weighted by atomic mass is 32.1. The van der Waals surface area contributed by atoms with Crippen LogP contribution in [0.3, 0.4) is 0 Å². The molecule has 0 aliphatic heterocycles. The Balaban J connectivity index is 1.24. The molecule has 8 heteroatoms. The molecule has 0 bridgehead atoms. The summed E-state index contributed by atoms with van der Waals surface area (Å²) in [5.41, 5.74) is 9.62. The Hall–Kier alpha value is -3.88. The zero-order valence-corrected chi connectivity index (χ0v) is 31.2. The summed E-state index contributed by atoms with van der Waals surface area (Å²) in [5.74, 6) is 0. The lowest BCUT2D eigenvalue weighted by Gasteiger charge is -2.08. The first-order chi connectivity index (χ1) is 23.9. The smallest absolute Gasteiger partial charge is 0.319 e. The molecule has 0 radical (unpaired) electrons. The summed E-state index contributed by atoms with van der Waals surface area (Å²) in [7, 11) is 0. The lowest BCUT2D eigenvalue weighted by atomic mass is 9.96. The molecule has 5 rings (SSSR count). The fraction of sp³-hybridized carbons (Fsp3) is 0.415. The minimum atomic E-state index is -0.145. The van der Waals surface area contributed by atoms with E-state index in [1.54, 1.807) is 0 Å². The maximum atomic E-state index is 12.3. The van der Waals surface area contributed by atoms with Crippen molar-refractivity contribution in [2.24, 2.45) is 0 Å². The minimum absolute atomic E-state index is 0.145. The zero-order valence-electron chi connectivity index (χ0n) is 29.6. The summed E-state index contributed by atoms with van der Waals surface area (Å²) in [4.78, 5) is 29.8. The molecule has 4 amide bonds. The summed E-state index contributed by atoms with van der Waals surface area (Å²) in [5, 5.41) is 11.9. The van der Waals surface area contributed by atoms with Crippen molar-refractivity contribution in [3.63, 3.8) is 0 Å². The predicted molar refractivity (Wildman–Crippen MR) is 212 cm³/mol. The minimum Gasteiger partial charge on any atom is -0.338 e. The summed E-state index contributed by atoms with van der Waals surface area (Å²) in [6.07, 6.45) is 12.5. The highest BCUT2D eigenvalue weighted by Gasteiger charge is 2.23. The predicted octanol–water partition coefficient (Wildman–Crippen LogP) is 12.3. The average molecular weight is 697 g/mol. The van der Waals surface area contributed by atoms with E-state index < -0.39 is 0 Å². The number of nitrogens with one attached hydrogen (secondary N) is 4. The lowest BCUT2D eigenvalue weighted by molar-refractivity contribution is 0.251. The molecule has 2 heterocycles. The van der Waals surface area contributed by atoms with Crippen molar-refractivity contribution in [2.45, 2.75) is 98.3 Å². The number of rotatable bonds is 16. The maximum Gasteiger partial charge on any atom is 0.319 e. The second-order valence-electron chi connectivity index (χ2n) is 13.0. The van der Waals surface area contributed by atoms with E-state index in [1.807, 2.05) is 46.9 Å². The molecule has 1 aliphatic carbocycles. The fourth-order valence-corrected chi connectivity index (χ4v) is 8.59. The van der Waals surface area contributed by atoms with Crippen molar-refractivity contribution >= 4 is 57.3 Å². The number of carbonyl (C=O) groups is 2. The number of aryl methyl sites for hydroxylation is 2. The topological polar surface area (TPSA) is 82.3 Å². The van der Waals surface area contributed by atoms with E-state index in [0.29, 0.717) is 13.1 Å². The van der Waals surface area contributed by atoms with Crippen molar-refractivity contribution < 1.29 is 9.59 Å². The third-order valence-electron chi connectivity index (χ3n) is 9.19. The van der Waals surface area contributed by atoms with Crippen molar-refractivity contribution in [3.8, 4) is 20.9 Å². The Morgan fingerprint density at radius 3 is 1.39 bits per heavy atom. The number of anilines is 2. The van der Waals surface area contributed by atoms with Crippen LogP contribution >= 0.6 is 22.7 Å². The van der Waals surface area contributed by atoms with Gasteiger partial charge >= 0.3 is 12.1 Å². The van der Waals surface area contributed by atoms with Crippen LogP contribution in [0.4, 0.5) is 21.0 Å². The van der Waals surface area contributed by atoms with Gasteiger partial charge in [0.1, 0.15) is 0 Å². The number of benzene rings is 2. The van der Waals surface area contributed by atoms with Crippen LogP contribution in [0.15, 0.2) is 60.7 Å². The standard InChI is InChI=1S/C41H52N4O2S2/c1-5-7-9-11-24-42-40(46)44-32-20-16-30(17-21-32)38-26-36(28(3)48-38)34-14-13-15-35(34)37-27-39(49-29(37)4)31-18-22-33(23-19-31)45-41(47)43-25-12-10-8-6-2/h16-23,26-27H,5-15,24-25H2,1-4H3,(H2,42,44,46)(H2,43,45,47). The van der Waals surface area contributed by atoms with Gasteiger partial charge in [-0.3, -0.25) is 0 Å². The number of thiophene rings is 2. The largest absolute Gasteiger partial charge is 0.338 e. The molecular weight excluding hydrogens is 645 g/mol. The van der Waals surface area contributed by atoms with Crippen LogP contribution in [0, 0.1) is 13.8 Å². The van der Waals surface area contributed by atoms with E-state index in [1.165, 1.54) is 85.0 Å².